The number of pyridine rings is 1. The van der Waals surface area contributed by atoms with Gasteiger partial charge < -0.3 is 16.6 Å². The summed E-state index contributed by atoms with van der Waals surface area (Å²) in [5.74, 6) is -1.82. The van der Waals surface area contributed by atoms with Gasteiger partial charge in [0.25, 0.3) is 5.91 Å². The van der Waals surface area contributed by atoms with Gasteiger partial charge in [0.1, 0.15) is 0 Å². The molecule has 18 heavy (non-hydrogen) atoms. The number of carboxylic acid groups (broad SMARTS) is 1. The summed E-state index contributed by atoms with van der Waals surface area (Å²) in [7, 11) is 0. The topological polar surface area (TPSA) is 137 Å². The van der Waals surface area contributed by atoms with E-state index in [9.17, 15) is 9.59 Å². The molecular formula is C10H9N5O3. The highest BCUT2D eigenvalue weighted by molar-refractivity contribution is 5.96. The number of hydrogen-bond donors (Lipinski definition) is 3. The first-order chi connectivity index (χ1) is 8.50. The van der Waals surface area contributed by atoms with Crippen molar-refractivity contribution in [3.8, 4) is 5.82 Å². The van der Waals surface area contributed by atoms with Gasteiger partial charge in [0.05, 0.1) is 17.4 Å². The SMILES string of the molecule is NC(=O)c1cccnc1-n1cc(N)c(C(=O)O)n1. The summed E-state index contributed by atoms with van der Waals surface area (Å²) in [5, 5.41) is 12.6. The summed E-state index contributed by atoms with van der Waals surface area (Å²) < 4.78 is 1.11. The Bertz CT molecular complexity index is 634. The maximum atomic E-state index is 11.2. The largest absolute Gasteiger partial charge is 0.476 e. The van der Waals surface area contributed by atoms with Gasteiger partial charge in [0.15, 0.2) is 11.5 Å². The third-order valence-corrected chi connectivity index (χ3v) is 2.21. The minimum Gasteiger partial charge on any atom is -0.476 e. The third-order valence-electron chi connectivity index (χ3n) is 2.21. The molecule has 0 bridgehead atoms. The third kappa shape index (κ3) is 1.86. The van der Waals surface area contributed by atoms with Gasteiger partial charge in [-0.1, -0.05) is 0 Å². The Morgan fingerprint density at radius 1 is 1.39 bits per heavy atom. The number of rotatable bonds is 3. The molecule has 0 aliphatic carbocycles. The van der Waals surface area contributed by atoms with E-state index in [2.05, 4.69) is 10.1 Å². The average Bonchev–Trinajstić information content (AvgIpc) is 2.71. The van der Waals surface area contributed by atoms with Crippen LogP contribution in [0.4, 0.5) is 5.69 Å². The van der Waals surface area contributed by atoms with Gasteiger partial charge >= 0.3 is 5.97 Å². The second-order valence-corrected chi connectivity index (χ2v) is 3.42. The molecule has 2 rings (SSSR count). The summed E-state index contributed by atoms with van der Waals surface area (Å²) in [6.07, 6.45) is 2.69. The Balaban J connectivity index is 2.59. The van der Waals surface area contributed by atoms with Crippen LogP contribution in [0.3, 0.4) is 0 Å². The van der Waals surface area contributed by atoms with Crippen molar-refractivity contribution in [3.63, 3.8) is 0 Å². The van der Waals surface area contributed by atoms with E-state index in [0.717, 1.165) is 4.68 Å². The van der Waals surface area contributed by atoms with Crippen molar-refractivity contribution in [2.75, 3.05) is 5.73 Å². The van der Waals surface area contributed by atoms with E-state index in [0.29, 0.717) is 0 Å². The van der Waals surface area contributed by atoms with E-state index < -0.39 is 11.9 Å². The first-order valence-corrected chi connectivity index (χ1v) is 4.84. The van der Waals surface area contributed by atoms with E-state index in [1.165, 1.54) is 24.5 Å². The monoisotopic (exact) mass is 247 g/mol. The van der Waals surface area contributed by atoms with Crippen LogP contribution in [0.25, 0.3) is 5.82 Å². The maximum absolute atomic E-state index is 11.2. The van der Waals surface area contributed by atoms with Crippen molar-refractivity contribution in [1.29, 1.82) is 0 Å². The zero-order valence-corrected chi connectivity index (χ0v) is 9.07. The number of anilines is 1. The van der Waals surface area contributed by atoms with Gasteiger partial charge in [-0.3, -0.25) is 4.79 Å². The predicted molar refractivity (Wildman–Crippen MR) is 61.2 cm³/mol. The van der Waals surface area contributed by atoms with Gasteiger partial charge in [-0.05, 0) is 12.1 Å². The van der Waals surface area contributed by atoms with Crippen molar-refractivity contribution in [2.24, 2.45) is 5.73 Å². The molecule has 92 valence electrons. The molecule has 8 nitrogen and oxygen atoms in total. The summed E-state index contributed by atoms with van der Waals surface area (Å²) in [6.45, 7) is 0. The second kappa shape index (κ2) is 4.17. The van der Waals surface area contributed by atoms with Crippen molar-refractivity contribution in [1.82, 2.24) is 14.8 Å². The van der Waals surface area contributed by atoms with Crippen molar-refractivity contribution in [3.05, 3.63) is 35.8 Å². The molecule has 0 unspecified atom stereocenters. The van der Waals surface area contributed by atoms with Crippen LogP contribution in [0, 0.1) is 0 Å². The lowest BCUT2D eigenvalue weighted by molar-refractivity contribution is 0.0691. The highest BCUT2D eigenvalue weighted by Gasteiger charge is 2.17. The van der Waals surface area contributed by atoms with E-state index in [-0.39, 0.29) is 22.8 Å². The minimum absolute atomic E-state index is 0.0245. The standard InChI is InChI=1S/C10H9N5O3/c11-6-4-15(14-7(6)10(17)18)9-5(8(12)16)2-1-3-13-9/h1-4H,11H2,(H2,12,16)(H,17,18). The molecule has 0 saturated heterocycles. The summed E-state index contributed by atoms with van der Waals surface area (Å²) in [4.78, 5) is 26.0. The second-order valence-electron chi connectivity index (χ2n) is 3.42. The molecule has 1 amide bonds. The van der Waals surface area contributed by atoms with Crippen LogP contribution in [-0.2, 0) is 0 Å². The molecule has 0 aliphatic heterocycles. The van der Waals surface area contributed by atoms with Crippen LogP contribution < -0.4 is 11.5 Å². The zero-order chi connectivity index (χ0) is 13.3. The number of hydrogen-bond acceptors (Lipinski definition) is 5. The fourth-order valence-electron chi connectivity index (χ4n) is 1.43. The molecule has 0 aromatic carbocycles. The Kier molecular flexibility index (Phi) is 2.68. The van der Waals surface area contributed by atoms with Gasteiger partial charge in [-0.2, -0.15) is 5.10 Å². The molecule has 5 N–H and O–H groups in total. The van der Waals surface area contributed by atoms with Crippen molar-refractivity contribution < 1.29 is 14.7 Å². The van der Waals surface area contributed by atoms with Crippen LogP contribution in [0.2, 0.25) is 0 Å². The molecule has 0 spiro atoms. The van der Waals surface area contributed by atoms with Gasteiger partial charge in [-0.15, -0.1) is 0 Å². The Morgan fingerprint density at radius 3 is 2.67 bits per heavy atom. The van der Waals surface area contributed by atoms with E-state index >= 15 is 0 Å². The fraction of sp³-hybridized carbons (Fsp3) is 0. The highest BCUT2D eigenvalue weighted by atomic mass is 16.4. The van der Waals surface area contributed by atoms with Gasteiger partial charge in [0, 0.05) is 6.20 Å². The molecule has 0 fully saturated rings. The first kappa shape index (κ1) is 11.6. The normalized spacial score (nSPS) is 10.2. The van der Waals surface area contributed by atoms with Crippen LogP contribution in [0.5, 0.6) is 0 Å². The number of primary amides is 1. The van der Waals surface area contributed by atoms with Crippen molar-refractivity contribution in [2.45, 2.75) is 0 Å². The number of nitrogen functional groups attached to an aromatic ring is 1. The summed E-state index contributed by atoms with van der Waals surface area (Å²) >= 11 is 0. The molecule has 0 radical (unpaired) electrons. The summed E-state index contributed by atoms with van der Waals surface area (Å²) in [5.41, 5.74) is 10.5. The lowest BCUT2D eigenvalue weighted by Gasteiger charge is -2.04. The highest BCUT2D eigenvalue weighted by Crippen LogP contribution is 2.15. The lowest BCUT2D eigenvalue weighted by atomic mass is 10.2. The number of nitrogens with two attached hydrogens (primary N) is 2. The smallest absolute Gasteiger partial charge is 0.358 e. The quantitative estimate of drug-likeness (QED) is 0.677. The van der Waals surface area contributed by atoms with Crippen LogP contribution in [-0.4, -0.2) is 31.7 Å². The molecule has 0 atom stereocenters. The lowest BCUT2D eigenvalue weighted by Crippen LogP contribution is -2.16. The number of aromatic carboxylic acids is 1. The zero-order valence-electron chi connectivity index (χ0n) is 9.07. The maximum Gasteiger partial charge on any atom is 0.358 e. The van der Waals surface area contributed by atoms with Crippen LogP contribution in [0.15, 0.2) is 24.5 Å². The molecule has 0 saturated carbocycles. The number of nitrogens with zero attached hydrogens (tertiary/aromatic N) is 3. The van der Waals surface area contributed by atoms with E-state index in [1.54, 1.807) is 0 Å². The number of aromatic nitrogens is 3. The predicted octanol–water partition coefficient (Wildman–Crippen LogP) is -0.353. The number of amides is 1. The van der Waals surface area contributed by atoms with Crippen molar-refractivity contribution >= 4 is 17.6 Å². The fourth-order valence-corrected chi connectivity index (χ4v) is 1.43. The Morgan fingerprint density at radius 2 is 2.11 bits per heavy atom. The molecule has 0 aliphatic rings. The van der Waals surface area contributed by atoms with Gasteiger partial charge in [0.2, 0.25) is 0 Å². The molecule has 2 heterocycles. The minimum atomic E-state index is -1.26. The van der Waals surface area contributed by atoms with Crippen LogP contribution in [0.1, 0.15) is 20.8 Å². The number of carbonyl (C=O) groups excluding carboxylic acids is 1. The first-order valence-electron chi connectivity index (χ1n) is 4.84. The average molecular weight is 247 g/mol. The molecule has 8 heteroatoms. The molecule has 2 aromatic heterocycles. The Labute approximate surface area is 101 Å². The Hall–Kier alpha value is -2.90. The molecule has 2 aromatic rings. The summed E-state index contributed by atoms with van der Waals surface area (Å²) in [6, 6.07) is 3.00. The van der Waals surface area contributed by atoms with E-state index in [4.69, 9.17) is 16.6 Å². The van der Waals surface area contributed by atoms with Gasteiger partial charge in [-0.25, -0.2) is 14.5 Å². The van der Waals surface area contributed by atoms with Crippen LogP contribution >= 0.6 is 0 Å². The number of carbonyl (C=O) groups is 2. The van der Waals surface area contributed by atoms with E-state index in [1.807, 2.05) is 0 Å². The number of carboxylic acids is 1. The molecular weight excluding hydrogens is 238 g/mol.